The summed E-state index contributed by atoms with van der Waals surface area (Å²) in [6, 6.07) is 31.0. The summed E-state index contributed by atoms with van der Waals surface area (Å²) in [6.07, 6.45) is 2.07. The molecule has 0 amide bonds. The fourth-order valence-corrected chi connectivity index (χ4v) is 5.88. The molecule has 0 aliphatic heterocycles. The molecule has 0 spiro atoms. The molecule has 5 aromatic carbocycles. The standard InChI is InChI=1S/C36H30O2/c1-5-23-14-24(6-2)16-28(15-23)26-8-10-30-32-20-35-31(19-36(32)38-34(30)18-26)29-9-7-25(17-33(29)37-35)27-12-21(3)11-22(4)13-27/h7-20H,5-6H2,1-4H3. The number of fused-ring (bicyclic) bond motifs is 6. The number of furan rings is 2. The van der Waals surface area contributed by atoms with Gasteiger partial charge in [-0.3, -0.25) is 0 Å². The lowest BCUT2D eigenvalue weighted by Gasteiger charge is -2.08. The quantitative estimate of drug-likeness (QED) is 0.243. The van der Waals surface area contributed by atoms with E-state index in [0.717, 1.165) is 56.7 Å². The molecule has 2 heteroatoms. The Labute approximate surface area is 222 Å². The van der Waals surface area contributed by atoms with Crippen LogP contribution in [0.5, 0.6) is 0 Å². The molecule has 7 aromatic rings. The predicted octanol–water partition coefficient (Wildman–Crippen LogP) is 10.6. The van der Waals surface area contributed by atoms with Crippen LogP contribution in [0, 0.1) is 13.8 Å². The number of rotatable bonds is 4. The highest BCUT2D eigenvalue weighted by atomic mass is 16.3. The van der Waals surface area contributed by atoms with Crippen LogP contribution in [0.3, 0.4) is 0 Å². The van der Waals surface area contributed by atoms with Crippen LogP contribution in [0.15, 0.2) is 93.8 Å². The molecule has 186 valence electrons. The summed E-state index contributed by atoms with van der Waals surface area (Å²) in [5, 5.41) is 4.40. The van der Waals surface area contributed by atoms with Gasteiger partial charge in [0.2, 0.25) is 0 Å². The molecule has 0 N–H and O–H groups in total. The average Bonchev–Trinajstić information content (AvgIpc) is 3.46. The van der Waals surface area contributed by atoms with Crippen molar-refractivity contribution in [1.29, 1.82) is 0 Å². The van der Waals surface area contributed by atoms with Gasteiger partial charge in [-0.2, -0.15) is 0 Å². The summed E-state index contributed by atoms with van der Waals surface area (Å²) in [4.78, 5) is 0. The summed E-state index contributed by atoms with van der Waals surface area (Å²) < 4.78 is 12.8. The van der Waals surface area contributed by atoms with Crippen molar-refractivity contribution in [2.45, 2.75) is 40.5 Å². The highest BCUT2D eigenvalue weighted by Crippen LogP contribution is 2.39. The molecular weight excluding hydrogens is 464 g/mol. The molecule has 7 rings (SSSR count). The molecule has 0 radical (unpaired) electrons. The minimum atomic E-state index is 0.889. The second kappa shape index (κ2) is 8.63. The molecule has 0 unspecified atom stereocenters. The molecule has 0 aliphatic carbocycles. The van der Waals surface area contributed by atoms with Gasteiger partial charge in [0.15, 0.2) is 0 Å². The highest BCUT2D eigenvalue weighted by Gasteiger charge is 2.15. The SMILES string of the molecule is CCc1cc(CC)cc(-c2ccc3c(c2)oc2cc4c(cc23)oc2cc(-c3cc(C)cc(C)c3)ccc24)c1. The van der Waals surface area contributed by atoms with E-state index in [0.29, 0.717) is 0 Å². The third-order valence-corrected chi connectivity index (χ3v) is 7.82. The fourth-order valence-electron chi connectivity index (χ4n) is 5.88. The molecule has 2 nitrogen and oxygen atoms in total. The second-order valence-corrected chi connectivity index (χ2v) is 10.6. The highest BCUT2D eigenvalue weighted by molar-refractivity contribution is 6.15. The molecule has 0 aliphatic rings. The van der Waals surface area contributed by atoms with E-state index in [1.807, 2.05) is 0 Å². The van der Waals surface area contributed by atoms with E-state index in [-0.39, 0.29) is 0 Å². The normalized spacial score (nSPS) is 11.9. The molecule has 0 bridgehead atoms. The molecular formula is C36H30O2. The number of hydrogen-bond donors (Lipinski definition) is 0. The largest absolute Gasteiger partial charge is 0.456 e. The summed E-state index contributed by atoms with van der Waals surface area (Å²) in [5.74, 6) is 0. The first kappa shape index (κ1) is 22.9. The van der Waals surface area contributed by atoms with Gasteiger partial charge in [0.1, 0.15) is 22.3 Å². The van der Waals surface area contributed by atoms with E-state index >= 15 is 0 Å². The van der Waals surface area contributed by atoms with Crippen molar-refractivity contribution >= 4 is 43.9 Å². The van der Waals surface area contributed by atoms with Crippen molar-refractivity contribution < 1.29 is 8.83 Å². The van der Waals surface area contributed by atoms with E-state index in [1.165, 1.54) is 44.5 Å². The summed E-state index contributed by atoms with van der Waals surface area (Å²) in [6.45, 7) is 8.71. The van der Waals surface area contributed by atoms with Gasteiger partial charge in [-0.15, -0.1) is 0 Å². The van der Waals surface area contributed by atoms with Gasteiger partial charge in [-0.05, 0) is 96.5 Å². The average molecular weight is 495 g/mol. The fraction of sp³-hybridized carbons (Fsp3) is 0.167. The second-order valence-electron chi connectivity index (χ2n) is 10.6. The molecule has 0 saturated heterocycles. The maximum atomic E-state index is 6.43. The maximum Gasteiger partial charge on any atom is 0.136 e. The summed E-state index contributed by atoms with van der Waals surface area (Å²) >= 11 is 0. The molecule has 2 aromatic heterocycles. The predicted molar refractivity (Wildman–Crippen MR) is 160 cm³/mol. The Bertz CT molecular complexity index is 1970. The maximum absolute atomic E-state index is 6.43. The molecule has 0 fully saturated rings. The lowest BCUT2D eigenvalue weighted by Crippen LogP contribution is -1.88. The summed E-state index contributed by atoms with van der Waals surface area (Å²) in [7, 11) is 0. The van der Waals surface area contributed by atoms with Crippen LogP contribution < -0.4 is 0 Å². The van der Waals surface area contributed by atoms with Crippen LogP contribution in [-0.4, -0.2) is 0 Å². The van der Waals surface area contributed by atoms with Gasteiger partial charge in [-0.25, -0.2) is 0 Å². The van der Waals surface area contributed by atoms with E-state index in [4.69, 9.17) is 8.83 Å². The van der Waals surface area contributed by atoms with Gasteiger partial charge in [-0.1, -0.05) is 73.5 Å². The van der Waals surface area contributed by atoms with Crippen molar-refractivity contribution in [1.82, 2.24) is 0 Å². The Balaban J connectivity index is 1.35. The van der Waals surface area contributed by atoms with Crippen molar-refractivity contribution in [3.05, 3.63) is 107 Å². The van der Waals surface area contributed by atoms with Crippen LogP contribution >= 0.6 is 0 Å². The van der Waals surface area contributed by atoms with Gasteiger partial charge >= 0.3 is 0 Å². The molecule has 2 heterocycles. The molecule has 38 heavy (non-hydrogen) atoms. The lowest BCUT2D eigenvalue weighted by molar-refractivity contribution is 0.664. The Morgan fingerprint density at radius 1 is 0.421 bits per heavy atom. The third-order valence-electron chi connectivity index (χ3n) is 7.82. The topological polar surface area (TPSA) is 26.3 Å². The van der Waals surface area contributed by atoms with Gasteiger partial charge in [0.25, 0.3) is 0 Å². The van der Waals surface area contributed by atoms with Gasteiger partial charge in [0, 0.05) is 21.5 Å². The minimum Gasteiger partial charge on any atom is -0.456 e. The lowest BCUT2D eigenvalue weighted by atomic mass is 9.97. The Morgan fingerprint density at radius 3 is 1.34 bits per heavy atom. The van der Waals surface area contributed by atoms with Crippen molar-refractivity contribution in [3.63, 3.8) is 0 Å². The summed E-state index contributed by atoms with van der Waals surface area (Å²) in [5.41, 5.74) is 13.7. The van der Waals surface area contributed by atoms with Gasteiger partial charge < -0.3 is 8.83 Å². The van der Waals surface area contributed by atoms with E-state index in [1.54, 1.807) is 0 Å². The van der Waals surface area contributed by atoms with E-state index in [9.17, 15) is 0 Å². The minimum absolute atomic E-state index is 0.889. The molecule has 0 atom stereocenters. The van der Waals surface area contributed by atoms with Crippen LogP contribution in [0.1, 0.15) is 36.1 Å². The molecule has 0 saturated carbocycles. The first-order valence-corrected chi connectivity index (χ1v) is 13.5. The van der Waals surface area contributed by atoms with Crippen molar-refractivity contribution in [3.8, 4) is 22.3 Å². The zero-order chi connectivity index (χ0) is 26.0. The third kappa shape index (κ3) is 3.71. The first-order chi connectivity index (χ1) is 18.5. The Morgan fingerprint density at radius 2 is 0.868 bits per heavy atom. The number of aryl methyl sites for hydroxylation is 4. The Kier molecular flexibility index (Phi) is 5.19. The first-order valence-electron chi connectivity index (χ1n) is 13.5. The smallest absolute Gasteiger partial charge is 0.136 e. The Hall–Kier alpha value is -4.30. The zero-order valence-electron chi connectivity index (χ0n) is 22.3. The van der Waals surface area contributed by atoms with E-state index < -0.39 is 0 Å². The zero-order valence-corrected chi connectivity index (χ0v) is 22.3. The van der Waals surface area contributed by atoms with Crippen molar-refractivity contribution in [2.75, 3.05) is 0 Å². The van der Waals surface area contributed by atoms with Gasteiger partial charge in [0.05, 0.1) is 0 Å². The number of hydrogen-bond acceptors (Lipinski definition) is 2. The van der Waals surface area contributed by atoms with Crippen molar-refractivity contribution in [2.24, 2.45) is 0 Å². The van der Waals surface area contributed by atoms with E-state index in [2.05, 4.69) is 113 Å². The number of benzene rings is 5. The van der Waals surface area contributed by atoms with Crippen LogP contribution in [0.25, 0.3) is 66.1 Å². The monoisotopic (exact) mass is 494 g/mol. The van der Waals surface area contributed by atoms with Crippen LogP contribution in [0.4, 0.5) is 0 Å². The van der Waals surface area contributed by atoms with Crippen LogP contribution in [0.2, 0.25) is 0 Å². The van der Waals surface area contributed by atoms with Crippen LogP contribution in [-0.2, 0) is 12.8 Å².